The van der Waals surface area contributed by atoms with Crippen LogP contribution in [0.25, 0.3) is 16.7 Å². The van der Waals surface area contributed by atoms with Crippen molar-refractivity contribution in [3.05, 3.63) is 40.4 Å². The Morgan fingerprint density at radius 2 is 2.00 bits per heavy atom. The van der Waals surface area contributed by atoms with Gasteiger partial charge < -0.3 is 4.74 Å². The lowest BCUT2D eigenvalue weighted by Crippen LogP contribution is -2.24. The highest BCUT2D eigenvalue weighted by Gasteiger charge is 2.15. The average molecular weight is 314 g/mol. The van der Waals surface area contributed by atoms with Crippen LogP contribution in [0.2, 0.25) is 0 Å². The van der Waals surface area contributed by atoms with Crippen molar-refractivity contribution in [2.45, 2.75) is 46.3 Å². The molecule has 6 heteroatoms. The highest BCUT2D eigenvalue weighted by atomic mass is 16.5. The molecule has 0 saturated carbocycles. The Morgan fingerprint density at radius 3 is 2.74 bits per heavy atom. The Bertz CT molecular complexity index is 879. The third-order valence-corrected chi connectivity index (χ3v) is 3.87. The van der Waals surface area contributed by atoms with Crippen LogP contribution in [0.3, 0.4) is 0 Å². The topological polar surface area (TPSA) is 61.4 Å². The van der Waals surface area contributed by atoms with E-state index in [1.165, 1.54) is 0 Å². The second-order valence-corrected chi connectivity index (χ2v) is 5.85. The molecule has 2 heterocycles. The Labute approximate surface area is 134 Å². The van der Waals surface area contributed by atoms with E-state index in [-0.39, 0.29) is 11.7 Å². The molecule has 3 rings (SSSR count). The Morgan fingerprint density at radius 1 is 1.22 bits per heavy atom. The lowest BCUT2D eigenvalue weighted by atomic mass is 10.2. The molecule has 0 saturated heterocycles. The van der Waals surface area contributed by atoms with Gasteiger partial charge in [-0.1, -0.05) is 19.1 Å². The number of fused-ring (bicyclic) bond motifs is 3. The minimum Gasteiger partial charge on any atom is -0.379 e. The zero-order valence-electron chi connectivity index (χ0n) is 13.8. The van der Waals surface area contributed by atoms with Gasteiger partial charge in [0.05, 0.1) is 17.0 Å². The van der Waals surface area contributed by atoms with Crippen molar-refractivity contribution in [2.75, 3.05) is 6.61 Å². The Hall–Kier alpha value is -2.21. The van der Waals surface area contributed by atoms with Crippen LogP contribution < -0.4 is 5.56 Å². The van der Waals surface area contributed by atoms with Gasteiger partial charge in [0, 0.05) is 19.6 Å². The predicted molar refractivity (Wildman–Crippen MR) is 89.8 cm³/mol. The monoisotopic (exact) mass is 314 g/mol. The normalized spacial score (nSPS) is 11.8. The highest BCUT2D eigenvalue weighted by Crippen LogP contribution is 2.15. The van der Waals surface area contributed by atoms with Crippen LogP contribution in [0, 0.1) is 0 Å². The van der Waals surface area contributed by atoms with Crippen molar-refractivity contribution in [2.24, 2.45) is 0 Å². The minimum absolute atomic E-state index is 0.0206. The number of hydrogen-bond acceptors (Lipinski definition) is 4. The molecule has 0 aliphatic rings. The van der Waals surface area contributed by atoms with Crippen LogP contribution in [-0.2, 0) is 17.7 Å². The molecule has 6 nitrogen and oxygen atoms in total. The second-order valence-electron chi connectivity index (χ2n) is 5.85. The quantitative estimate of drug-likeness (QED) is 0.656. The number of rotatable bonds is 6. The highest BCUT2D eigenvalue weighted by molar-refractivity contribution is 5.80. The molecule has 0 fully saturated rings. The molecule has 0 unspecified atom stereocenters. The average Bonchev–Trinajstić information content (AvgIpc) is 2.98. The van der Waals surface area contributed by atoms with Gasteiger partial charge in [-0.3, -0.25) is 13.8 Å². The standard InChI is InChI=1S/C17H22N4O2/c1-4-15-18-19-17-20(10-7-11-23-12(2)3)16(22)13-8-5-6-9-14(13)21(15)17/h5-6,8-9,12H,4,7,10-11H2,1-3H3. The molecule has 122 valence electrons. The Kier molecular flexibility index (Phi) is 4.43. The van der Waals surface area contributed by atoms with Crippen LogP contribution in [0.4, 0.5) is 0 Å². The van der Waals surface area contributed by atoms with Crippen molar-refractivity contribution >= 4 is 16.7 Å². The summed E-state index contributed by atoms with van der Waals surface area (Å²) in [7, 11) is 0. The van der Waals surface area contributed by atoms with Crippen molar-refractivity contribution < 1.29 is 4.74 Å². The number of para-hydroxylation sites is 1. The first-order valence-corrected chi connectivity index (χ1v) is 8.10. The summed E-state index contributed by atoms with van der Waals surface area (Å²) in [6.07, 6.45) is 1.73. The fourth-order valence-corrected chi connectivity index (χ4v) is 2.79. The van der Waals surface area contributed by atoms with Gasteiger partial charge in [-0.2, -0.15) is 0 Å². The van der Waals surface area contributed by atoms with E-state index in [0.29, 0.717) is 24.3 Å². The first kappa shape index (κ1) is 15.7. The maximum absolute atomic E-state index is 12.8. The van der Waals surface area contributed by atoms with Crippen molar-refractivity contribution in [1.29, 1.82) is 0 Å². The number of hydrogen-bond donors (Lipinski definition) is 0. The smallest absolute Gasteiger partial charge is 0.262 e. The summed E-state index contributed by atoms with van der Waals surface area (Å²) in [6.45, 7) is 7.25. The molecule has 3 aromatic rings. The van der Waals surface area contributed by atoms with Crippen molar-refractivity contribution in [1.82, 2.24) is 19.2 Å². The molecular weight excluding hydrogens is 292 g/mol. The summed E-state index contributed by atoms with van der Waals surface area (Å²) in [4.78, 5) is 12.8. The molecule has 0 spiro atoms. The molecule has 0 radical (unpaired) electrons. The van der Waals surface area contributed by atoms with Crippen LogP contribution in [0.1, 0.15) is 33.0 Å². The number of benzene rings is 1. The molecule has 0 N–H and O–H groups in total. The maximum atomic E-state index is 12.8. The van der Waals surface area contributed by atoms with Crippen LogP contribution in [0.15, 0.2) is 29.1 Å². The number of nitrogens with zero attached hydrogens (tertiary/aromatic N) is 4. The number of aromatic nitrogens is 4. The molecule has 0 aliphatic heterocycles. The summed E-state index contributed by atoms with van der Waals surface area (Å²) in [6, 6.07) is 7.62. The molecule has 2 aromatic heterocycles. The van der Waals surface area contributed by atoms with Gasteiger partial charge in [-0.15, -0.1) is 10.2 Å². The second kappa shape index (κ2) is 6.50. The Balaban J connectivity index is 2.10. The van der Waals surface area contributed by atoms with E-state index in [1.54, 1.807) is 4.57 Å². The van der Waals surface area contributed by atoms with Crippen LogP contribution in [0.5, 0.6) is 0 Å². The van der Waals surface area contributed by atoms with E-state index in [0.717, 1.165) is 24.2 Å². The largest absolute Gasteiger partial charge is 0.379 e. The fourth-order valence-electron chi connectivity index (χ4n) is 2.79. The van der Waals surface area contributed by atoms with Gasteiger partial charge in [0.25, 0.3) is 5.56 Å². The van der Waals surface area contributed by atoms with E-state index in [2.05, 4.69) is 10.2 Å². The van der Waals surface area contributed by atoms with E-state index in [1.807, 2.05) is 49.4 Å². The minimum atomic E-state index is -0.0206. The van der Waals surface area contributed by atoms with Gasteiger partial charge in [0.15, 0.2) is 0 Å². The van der Waals surface area contributed by atoms with E-state index in [4.69, 9.17) is 4.74 Å². The lowest BCUT2D eigenvalue weighted by molar-refractivity contribution is 0.0748. The van der Waals surface area contributed by atoms with Crippen molar-refractivity contribution in [3.63, 3.8) is 0 Å². The van der Waals surface area contributed by atoms with Gasteiger partial charge in [-0.25, -0.2) is 0 Å². The van der Waals surface area contributed by atoms with Gasteiger partial charge in [0.1, 0.15) is 5.82 Å². The SMILES string of the molecule is CCc1nnc2n(CCCOC(C)C)c(=O)c3ccccc3n12. The van der Waals surface area contributed by atoms with E-state index >= 15 is 0 Å². The predicted octanol–water partition coefficient (Wildman–Crippen LogP) is 2.42. The zero-order chi connectivity index (χ0) is 16.4. The zero-order valence-corrected chi connectivity index (χ0v) is 13.8. The third kappa shape index (κ3) is 2.86. The van der Waals surface area contributed by atoms with Crippen LogP contribution >= 0.6 is 0 Å². The molecule has 0 amide bonds. The number of ether oxygens (including phenoxy) is 1. The molecule has 0 bridgehead atoms. The summed E-state index contributed by atoms with van der Waals surface area (Å²) in [5.41, 5.74) is 0.844. The molecule has 1 aromatic carbocycles. The number of aryl methyl sites for hydroxylation is 2. The summed E-state index contributed by atoms with van der Waals surface area (Å²) >= 11 is 0. The van der Waals surface area contributed by atoms with Gasteiger partial charge in [0.2, 0.25) is 5.78 Å². The van der Waals surface area contributed by atoms with Crippen molar-refractivity contribution in [3.8, 4) is 0 Å². The van der Waals surface area contributed by atoms with Gasteiger partial charge >= 0.3 is 0 Å². The summed E-state index contributed by atoms with van der Waals surface area (Å²) in [5.74, 6) is 1.47. The van der Waals surface area contributed by atoms with E-state index < -0.39 is 0 Å². The third-order valence-electron chi connectivity index (χ3n) is 3.87. The first-order chi connectivity index (χ1) is 11.1. The fraction of sp³-hybridized carbons (Fsp3) is 0.471. The van der Waals surface area contributed by atoms with Gasteiger partial charge in [-0.05, 0) is 32.4 Å². The summed E-state index contributed by atoms with van der Waals surface area (Å²) in [5, 5.41) is 9.19. The molecule has 23 heavy (non-hydrogen) atoms. The molecule has 0 aliphatic carbocycles. The summed E-state index contributed by atoms with van der Waals surface area (Å²) < 4.78 is 9.26. The molecular formula is C17H22N4O2. The lowest BCUT2D eigenvalue weighted by Gasteiger charge is -2.12. The van der Waals surface area contributed by atoms with Crippen LogP contribution in [-0.4, -0.2) is 31.9 Å². The maximum Gasteiger partial charge on any atom is 0.262 e. The molecule has 0 atom stereocenters. The van der Waals surface area contributed by atoms with E-state index in [9.17, 15) is 4.79 Å². The first-order valence-electron chi connectivity index (χ1n) is 8.10.